The molecular formula is C22H24ClN3O3. The first kappa shape index (κ1) is 20.7. The Bertz CT molecular complexity index is 973. The van der Waals surface area contributed by atoms with Crippen LogP contribution in [-0.4, -0.2) is 47.9 Å². The molecule has 152 valence electrons. The maximum absolute atomic E-state index is 12.9. The van der Waals surface area contributed by atoms with E-state index in [1.807, 2.05) is 54.6 Å². The minimum atomic E-state index is -0.185. The molecule has 2 aromatic carbocycles. The lowest BCUT2D eigenvalue weighted by atomic mass is 10.2. The Balaban J connectivity index is 1.65. The van der Waals surface area contributed by atoms with E-state index in [-0.39, 0.29) is 5.91 Å². The maximum atomic E-state index is 12.9. The topological polar surface area (TPSA) is 56.6 Å². The third kappa shape index (κ3) is 4.90. The van der Waals surface area contributed by atoms with Gasteiger partial charge < -0.3 is 14.4 Å². The molecule has 0 spiro atoms. The molecule has 1 heterocycles. The number of para-hydroxylation sites is 2. The largest absolute Gasteiger partial charge is 0.493 e. The normalized spacial score (nSPS) is 10.6. The van der Waals surface area contributed by atoms with Gasteiger partial charge in [0.1, 0.15) is 11.8 Å². The van der Waals surface area contributed by atoms with E-state index in [1.165, 1.54) is 0 Å². The summed E-state index contributed by atoms with van der Waals surface area (Å²) >= 11 is 6.49. The Hall–Kier alpha value is -2.99. The number of carbonyl (C=O) groups excluding carboxylic acids is 1. The molecule has 7 heteroatoms. The van der Waals surface area contributed by atoms with Gasteiger partial charge in [0.15, 0.2) is 11.5 Å². The van der Waals surface area contributed by atoms with Crippen LogP contribution in [-0.2, 0) is 6.54 Å². The van der Waals surface area contributed by atoms with E-state index in [9.17, 15) is 4.79 Å². The molecule has 0 aliphatic carbocycles. The van der Waals surface area contributed by atoms with Gasteiger partial charge in [-0.3, -0.25) is 4.79 Å². The van der Waals surface area contributed by atoms with Gasteiger partial charge in [-0.25, -0.2) is 4.68 Å². The van der Waals surface area contributed by atoms with Crippen molar-refractivity contribution in [2.75, 3.05) is 27.3 Å². The van der Waals surface area contributed by atoms with Crippen LogP contribution in [0, 0.1) is 6.92 Å². The number of halogens is 1. The molecule has 6 nitrogen and oxygen atoms in total. The summed E-state index contributed by atoms with van der Waals surface area (Å²) in [6, 6.07) is 17.3. The average molecular weight is 414 g/mol. The van der Waals surface area contributed by atoms with E-state index in [1.54, 1.807) is 30.7 Å². The van der Waals surface area contributed by atoms with E-state index >= 15 is 0 Å². The number of nitrogens with zero attached hydrogens (tertiary/aromatic N) is 3. The van der Waals surface area contributed by atoms with Gasteiger partial charge in [0.2, 0.25) is 0 Å². The number of likely N-dealkylation sites (N-methyl/N-ethyl adjacent to an activating group) is 1. The molecule has 1 amide bonds. The van der Waals surface area contributed by atoms with Gasteiger partial charge in [-0.05, 0) is 24.6 Å². The molecule has 29 heavy (non-hydrogen) atoms. The third-order valence-electron chi connectivity index (χ3n) is 4.55. The van der Waals surface area contributed by atoms with Crippen LogP contribution < -0.4 is 9.47 Å². The van der Waals surface area contributed by atoms with Crippen molar-refractivity contribution in [3.8, 4) is 11.5 Å². The number of aromatic nitrogens is 2. The number of hydrogen-bond donors (Lipinski definition) is 0. The Morgan fingerprint density at radius 1 is 1.10 bits per heavy atom. The van der Waals surface area contributed by atoms with E-state index < -0.39 is 0 Å². The van der Waals surface area contributed by atoms with Crippen LogP contribution in [0.5, 0.6) is 11.5 Å². The first-order chi connectivity index (χ1) is 14.0. The standard InChI is InChI=1S/C22H24ClN3O3/c1-16-20(21(23)26(24-16)15-17-9-5-4-6-10-17)22(27)25(2)13-14-29-19-12-8-7-11-18(19)28-3/h4-12H,13-15H2,1-3H3. The van der Waals surface area contributed by atoms with Crippen molar-refractivity contribution in [1.29, 1.82) is 0 Å². The van der Waals surface area contributed by atoms with E-state index in [0.29, 0.717) is 47.6 Å². The highest BCUT2D eigenvalue weighted by atomic mass is 35.5. The van der Waals surface area contributed by atoms with Crippen molar-refractivity contribution in [2.45, 2.75) is 13.5 Å². The third-order valence-corrected chi connectivity index (χ3v) is 4.94. The molecule has 0 unspecified atom stereocenters. The van der Waals surface area contributed by atoms with Gasteiger partial charge in [-0.2, -0.15) is 5.10 Å². The average Bonchev–Trinajstić information content (AvgIpc) is 3.01. The van der Waals surface area contributed by atoms with Crippen molar-refractivity contribution < 1.29 is 14.3 Å². The molecule has 3 rings (SSSR count). The first-order valence-corrected chi connectivity index (χ1v) is 9.67. The number of benzene rings is 2. The highest BCUT2D eigenvalue weighted by Crippen LogP contribution is 2.26. The summed E-state index contributed by atoms with van der Waals surface area (Å²) in [7, 11) is 3.31. The number of rotatable bonds is 8. The van der Waals surface area contributed by atoms with Crippen LogP contribution in [0.2, 0.25) is 5.15 Å². The van der Waals surface area contributed by atoms with Gasteiger partial charge >= 0.3 is 0 Å². The van der Waals surface area contributed by atoms with Crippen molar-refractivity contribution >= 4 is 17.5 Å². The van der Waals surface area contributed by atoms with Crippen LogP contribution in [0.25, 0.3) is 0 Å². The summed E-state index contributed by atoms with van der Waals surface area (Å²) < 4.78 is 12.7. The Kier molecular flexibility index (Phi) is 6.77. The summed E-state index contributed by atoms with van der Waals surface area (Å²) in [5, 5.41) is 4.79. The highest BCUT2D eigenvalue weighted by molar-refractivity contribution is 6.33. The molecule has 0 bridgehead atoms. The second-order valence-corrected chi connectivity index (χ2v) is 6.98. The van der Waals surface area contributed by atoms with E-state index in [2.05, 4.69) is 5.10 Å². The first-order valence-electron chi connectivity index (χ1n) is 9.29. The quantitative estimate of drug-likeness (QED) is 0.559. The number of hydrogen-bond acceptors (Lipinski definition) is 4. The van der Waals surface area contributed by atoms with Crippen LogP contribution in [0.4, 0.5) is 0 Å². The van der Waals surface area contributed by atoms with Crippen LogP contribution in [0.3, 0.4) is 0 Å². The summed E-state index contributed by atoms with van der Waals surface area (Å²) in [6.07, 6.45) is 0. The minimum Gasteiger partial charge on any atom is -0.493 e. The molecule has 3 aromatic rings. The number of amides is 1. The minimum absolute atomic E-state index is 0.185. The summed E-state index contributed by atoms with van der Waals surface area (Å²) in [5.74, 6) is 1.11. The van der Waals surface area contributed by atoms with Gasteiger partial charge in [-0.1, -0.05) is 54.1 Å². The highest BCUT2D eigenvalue weighted by Gasteiger charge is 2.23. The number of methoxy groups -OCH3 is 1. The van der Waals surface area contributed by atoms with Crippen molar-refractivity contribution in [3.05, 3.63) is 76.6 Å². The second kappa shape index (κ2) is 9.47. The number of aryl methyl sites for hydroxylation is 1. The van der Waals surface area contributed by atoms with Gasteiger partial charge in [0.05, 0.1) is 31.5 Å². The Morgan fingerprint density at radius 3 is 2.45 bits per heavy atom. The summed E-state index contributed by atoms with van der Waals surface area (Å²) in [6.45, 7) is 3.03. The summed E-state index contributed by atoms with van der Waals surface area (Å²) in [4.78, 5) is 14.5. The fourth-order valence-electron chi connectivity index (χ4n) is 2.98. The molecule has 0 saturated heterocycles. The molecule has 0 atom stereocenters. The fourth-order valence-corrected chi connectivity index (χ4v) is 3.30. The van der Waals surface area contributed by atoms with Gasteiger partial charge in [0, 0.05) is 7.05 Å². The molecule has 0 N–H and O–H groups in total. The lowest BCUT2D eigenvalue weighted by Gasteiger charge is -2.18. The fraction of sp³-hybridized carbons (Fsp3) is 0.273. The van der Waals surface area contributed by atoms with Crippen LogP contribution in [0.1, 0.15) is 21.6 Å². The smallest absolute Gasteiger partial charge is 0.258 e. The molecular weight excluding hydrogens is 390 g/mol. The number of ether oxygens (including phenoxy) is 2. The Labute approximate surface area is 175 Å². The molecule has 0 aliphatic heterocycles. The Morgan fingerprint density at radius 2 is 1.76 bits per heavy atom. The summed E-state index contributed by atoms with van der Waals surface area (Å²) in [5.41, 5.74) is 2.09. The van der Waals surface area contributed by atoms with Crippen molar-refractivity contribution in [3.63, 3.8) is 0 Å². The van der Waals surface area contributed by atoms with E-state index in [0.717, 1.165) is 5.56 Å². The lowest BCUT2D eigenvalue weighted by Crippen LogP contribution is -2.31. The van der Waals surface area contributed by atoms with Crippen molar-refractivity contribution in [2.24, 2.45) is 0 Å². The predicted octanol–water partition coefficient (Wildman–Crippen LogP) is 4.05. The molecule has 1 aromatic heterocycles. The van der Waals surface area contributed by atoms with Gasteiger partial charge in [0.25, 0.3) is 5.91 Å². The monoisotopic (exact) mass is 413 g/mol. The lowest BCUT2D eigenvalue weighted by molar-refractivity contribution is 0.0772. The zero-order valence-electron chi connectivity index (χ0n) is 16.8. The molecule has 0 fully saturated rings. The predicted molar refractivity (Wildman–Crippen MR) is 113 cm³/mol. The second-order valence-electron chi connectivity index (χ2n) is 6.62. The maximum Gasteiger partial charge on any atom is 0.258 e. The SMILES string of the molecule is COc1ccccc1OCCN(C)C(=O)c1c(C)nn(Cc2ccccc2)c1Cl. The molecule has 0 aliphatic rings. The van der Waals surface area contributed by atoms with Crippen LogP contribution in [0.15, 0.2) is 54.6 Å². The molecule has 0 radical (unpaired) electrons. The zero-order chi connectivity index (χ0) is 20.8. The molecule has 0 saturated carbocycles. The van der Waals surface area contributed by atoms with Crippen molar-refractivity contribution in [1.82, 2.24) is 14.7 Å². The van der Waals surface area contributed by atoms with Gasteiger partial charge in [-0.15, -0.1) is 0 Å². The zero-order valence-corrected chi connectivity index (χ0v) is 17.5. The van der Waals surface area contributed by atoms with Crippen LogP contribution >= 0.6 is 11.6 Å². The van der Waals surface area contributed by atoms with E-state index in [4.69, 9.17) is 21.1 Å². The number of carbonyl (C=O) groups is 1.